The maximum atomic E-state index is 11.8. The number of hydrogen-bond acceptors (Lipinski definition) is 3. The largest absolute Gasteiger partial charge is 0.350 e. The van der Waals surface area contributed by atoms with Crippen LogP contribution in [0, 0.1) is 0 Å². The van der Waals surface area contributed by atoms with Crippen molar-refractivity contribution < 1.29 is 4.79 Å². The summed E-state index contributed by atoms with van der Waals surface area (Å²) in [6, 6.07) is 0. The third-order valence-corrected chi connectivity index (χ3v) is 3.82. The predicted octanol–water partition coefficient (Wildman–Crippen LogP) is 1.01. The Bertz CT molecular complexity index is 366. The minimum atomic E-state index is -0.0492. The first-order chi connectivity index (χ1) is 8.14. The second kappa shape index (κ2) is 4.87. The van der Waals surface area contributed by atoms with Gasteiger partial charge < -0.3 is 10.2 Å². The van der Waals surface area contributed by atoms with Crippen LogP contribution in [0.3, 0.4) is 0 Å². The van der Waals surface area contributed by atoms with Crippen LogP contribution >= 0.6 is 0 Å². The molecule has 0 radical (unpaired) electrons. The minimum absolute atomic E-state index is 0.0492. The van der Waals surface area contributed by atoms with Crippen LogP contribution < -0.4 is 5.32 Å². The molecule has 94 valence electrons. The van der Waals surface area contributed by atoms with Gasteiger partial charge in [-0.05, 0) is 26.9 Å². The van der Waals surface area contributed by atoms with Gasteiger partial charge in [0.2, 0.25) is 0 Å². The van der Waals surface area contributed by atoms with E-state index in [1.165, 1.54) is 12.8 Å². The van der Waals surface area contributed by atoms with E-state index in [1.54, 1.807) is 12.4 Å². The summed E-state index contributed by atoms with van der Waals surface area (Å²) in [6.07, 6.45) is 7.98. The van der Waals surface area contributed by atoms with Gasteiger partial charge in [0.25, 0.3) is 5.91 Å². The molecule has 1 fully saturated rings. The van der Waals surface area contributed by atoms with Crippen LogP contribution in [0.25, 0.3) is 0 Å². The molecule has 1 aliphatic rings. The Morgan fingerprint density at radius 3 is 2.76 bits per heavy atom. The molecular weight excluding hydrogens is 216 g/mol. The molecule has 2 N–H and O–H groups in total. The van der Waals surface area contributed by atoms with E-state index in [1.807, 2.05) is 0 Å². The van der Waals surface area contributed by atoms with E-state index in [0.717, 1.165) is 12.8 Å². The molecule has 5 heteroatoms. The van der Waals surface area contributed by atoms with Gasteiger partial charge in [-0.1, -0.05) is 12.8 Å². The number of H-pyrrole nitrogens is 1. The summed E-state index contributed by atoms with van der Waals surface area (Å²) in [5, 5.41) is 9.44. The molecule has 0 atom stereocenters. The molecule has 0 saturated heterocycles. The van der Waals surface area contributed by atoms with Gasteiger partial charge in [-0.15, -0.1) is 0 Å². The number of rotatable bonds is 4. The number of nitrogens with one attached hydrogen (secondary N) is 2. The second-order valence-electron chi connectivity index (χ2n) is 5.00. The number of likely N-dealkylation sites (N-methyl/N-ethyl adjacent to an activating group) is 1. The Kier molecular flexibility index (Phi) is 3.47. The number of carbonyl (C=O) groups excluding carboxylic acids is 1. The van der Waals surface area contributed by atoms with Gasteiger partial charge in [0.1, 0.15) is 0 Å². The molecule has 1 aromatic heterocycles. The van der Waals surface area contributed by atoms with Crippen molar-refractivity contribution in [2.45, 2.75) is 31.2 Å². The summed E-state index contributed by atoms with van der Waals surface area (Å²) in [7, 11) is 4.19. The molecule has 1 aromatic rings. The van der Waals surface area contributed by atoms with Crippen molar-refractivity contribution in [3.05, 3.63) is 18.0 Å². The Labute approximate surface area is 102 Å². The van der Waals surface area contributed by atoms with E-state index in [0.29, 0.717) is 12.1 Å². The van der Waals surface area contributed by atoms with Crippen molar-refractivity contribution in [2.24, 2.45) is 0 Å². The summed E-state index contributed by atoms with van der Waals surface area (Å²) in [6.45, 7) is 0.712. The van der Waals surface area contributed by atoms with E-state index in [2.05, 4.69) is 34.5 Å². The van der Waals surface area contributed by atoms with Crippen LogP contribution in [0.4, 0.5) is 0 Å². The molecule has 0 aromatic carbocycles. The van der Waals surface area contributed by atoms with Crippen molar-refractivity contribution in [1.29, 1.82) is 0 Å². The maximum absolute atomic E-state index is 11.8. The predicted molar refractivity (Wildman–Crippen MR) is 65.8 cm³/mol. The molecule has 1 heterocycles. The van der Waals surface area contributed by atoms with Crippen molar-refractivity contribution in [3.63, 3.8) is 0 Å². The summed E-state index contributed by atoms with van der Waals surface area (Å²) in [4.78, 5) is 14.1. The highest BCUT2D eigenvalue weighted by molar-refractivity contribution is 5.93. The normalized spacial score (nSPS) is 18.5. The first kappa shape index (κ1) is 12.1. The Morgan fingerprint density at radius 2 is 2.24 bits per heavy atom. The van der Waals surface area contributed by atoms with Crippen molar-refractivity contribution >= 4 is 5.91 Å². The van der Waals surface area contributed by atoms with Gasteiger partial charge in [0, 0.05) is 18.3 Å². The number of carbonyl (C=O) groups is 1. The number of nitrogens with zero attached hydrogens (tertiary/aromatic N) is 2. The van der Waals surface area contributed by atoms with E-state index in [-0.39, 0.29) is 11.4 Å². The van der Waals surface area contributed by atoms with Crippen LogP contribution in [0.1, 0.15) is 36.0 Å². The molecule has 1 saturated carbocycles. The molecule has 1 aliphatic carbocycles. The average Bonchev–Trinajstić information content (AvgIpc) is 2.97. The zero-order valence-electron chi connectivity index (χ0n) is 10.5. The zero-order chi connectivity index (χ0) is 12.3. The van der Waals surface area contributed by atoms with Crippen LogP contribution in [0.2, 0.25) is 0 Å². The summed E-state index contributed by atoms with van der Waals surface area (Å²) in [5.41, 5.74) is 0.733. The third kappa shape index (κ3) is 2.49. The SMILES string of the molecule is CN(C)C1(CNC(=O)c2cn[nH]c2)CCCC1. The van der Waals surface area contributed by atoms with Crippen molar-refractivity contribution in [1.82, 2.24) is 20.4 Å². The van der Waals surface area contributed by atoms with E-state index < -0.39 is 0 Å². The highest BCUT2D eigenvalue weighted by Crippen LogP contribution is 2.33. The number of hydrogen-bond donors (Lipinski definition) is 2. The van der Waals surface area contributed by atoms with Gasteiger partial charge >= 0.3 is 0 Å². The van der Waals surface area contributed by atoms with Gasteiger partial charge in [-0.2, -0.15) is 5.10 Å². The smallest absolute Gasteiger partial charge is 0.254 e. The van der Waals surface area contributed by atoms with Crippen molar-refractivity contribution in [3.8, 4) is 0 Å². The monoisotopic (exact) mass is 236 g/mol. The van der Waals surface area contributed by atoms with Crippen LogP contribution in [0.5, 0.6) is 0 Å². The molecule has 0 unspecified atom stereocenters. The highest BCUT2D eigenvalue weighted by Gasteiger charge is 2.36. The zero-order valence-corrected chi connectivity index (χ0v) is 10.5. The molecule has 1 amide bonds. The number of aromatic nitrogens is 2. The lowest BCUT2D eigenvalue weighted by atomic mass is 9.96. The number of aromatic amines is 1. The fourth-order valence-electron chi connectivity index (χ4n) is 2.54. The molecule has 0 spiro atoms. The molecule has 0 bridgehead atoms. The lowest BCUT2D eigenvalue weighted by Crippen LogP contribution is -2.50. The van der Waals surface area contributed by atoms with Gasteiger partial charge in [0.05, 0.1) is 11.8 Å². The number of amides is 1. The first-order valence-electron chi connectivity index (χ1n) is 6.08. The minimum Gasteiger partial charge on any atom is -0.350 e. The molecule has 5 nitrogen and oxygen atoms in total. The quantitative estimate of drug-likeness (QED) is 0.820. The molecular formula is C12H20N4O. The Morgan fingerprint density at radius 1 is 1.53 bits per heavy atom. The summed E-state index contributed by atoms with van der Waals surface area (Å²) in [5.74, 6) is -0.0492. The Balaban J connectivity index is 1.94. The molecule has 17 heavy (non-hydrogen) atoms. The van der Waals surface area contributed by atoms with Gasteiger partial charge in [0.15, 0.2) is 0 Å². The maximum Gasteiger partial charge on any atom is 0.254 e. The van der Waals surface area contributed by atoms with Crippen LogP contribution in [-0.4, -0.2) is 47.2 Å². The summed E-state index contributed by atoms with van der Waals surface area (Å²) >= 11 is 0. The third-order valence-electron chi connectivity index (χ3n) is 3.82. The van der Waals surface area contributed by atoms with Gasteiger partial charge in [-0.3, -0.25) is 9.89 Å². The molecule has 0 aliphatic heterocycles. The standard InChI is InChI=1S/C12H20N4O/c1-16(2)12(5-3-4-6-12)9-13-11(17)10-7-14-15-8-10/h7-8H,3-6,9H2,1-2H3,(H,13,17)(H,14,15). The second-order valence-corrected chi connectivity index (χ2v) is 5.00. The van der Waals surface area contributed by atoms with E-state index in [4.69, 9.17) is 0 Å². The lowest BCUT2D eigenvalue weighted by molar-refractivity contribution is 0.0900. The topological polar surface area (TPSA) is 61.0 Å². The lowest BCUT2D eigenvalue weighted by Gasteiger charge is -2.36. The fraction of sp³-hybridized carbons (Fsp3) is 0.667. The molecule has 2 rings (SSSR count). The van der Waals surface area contributed by atoms with E-state index in [9.17, 15) is 4.79 Å². The van der Waals surface area contributed by atoms with E-state index >= 15 is 0 Å². The summed E-state index contributed by atoms with van der Waals surface area (Å²) < 4.78 is 0. The Hall–Kier alpha value is -1.36. The van der Waals surface area contributed by atoms with Crippen LogP contribution in [-0.2, 0) is 0 Å². The van der Waals surface area contributed by atoms with Gasteiger partial charge in [-0.25, -0.2) is 0 Å². The fourth-order valence-corrected chi connectivity index (χ4v) is 2.54. The first-order valence-corrected chi connectivity index (χ1v) is 6.08. The van der Waals surface area contributed by atoms with Crippen LogP contribution in [0.15, 0.2) is 12.4 Å². The highest BCUT2D eigenvalue weighted by atomic mass is 16.1. The van der Waals surface area contributed by atoms with Crippen molar-refractivity contribution in [2.75, 3.05) is 20.6 Å². The average molecular weight is 236 g/mol.